The third-order valence-electron chi connectivity index (χ3n) is 4.64. The molecule has 0 saturated carbocycles. The standard InChI is InChI=1S/C19H16N6O4/c1-11-17(19-23(2)14-5-3-4-6-15(14)24(19)22-11)18(27)21-20-10-12-9-13(25(28)29)7-8-16(12)26/h3-10,26H,1-2H3,(H,21,27). The number of fused-ring (bicyclic) bond motifs is 3. The number of amides is 1. The Morgan fingerprint density at radius 3 is 2.72 bits per heavy atom. The van der Waals surface area contributed by atoms with Crippen LogP contribution in [0.1, 0.15) is 21.6 Å². The molecule has 29 heavy (non-hydrogen) atoms. The molecule has 0 aliphatic rings. The largest absolute Gasteiger partial charge is 0.507 e. The number of carbonyl (C=O) groups excluding carboxylic acids is 1. The van der Waals surface area contributed by atoms with E-state index in [9.17, 15) is 20.0 Å². The van der Waals surface area contributed by atoms with Gasteiger partial charge in [0, 0.05) is 24.7 Å². The summed E-state index contributed by atoms with van der Waals surface area (Å²) in [6.45, 7) is 1.73. The van der Waals surface area contributed by atoms with Crippen molar-refractivity contribution >= 4 is 34.5 Å². The van der Waals surface area contributed by atoms with Gasteiger partial charge in [-0.05, 0) is 25.1 Å². The van der Waals surface area contributed by atoms with Crippen LogP contribution < -0.4 is 5.43 Å². The molecule has 2 N–H and O–H groups in total. The fraction of sp³-hybridized carbons (Fsp3) is 0.105. The van der Waals surface area contributed by atoms with Crippen LogP contribution in [-0.4, -0.2) is 36.3 Å². The molecule has 10 nitrogen and oxygen atoms in total. The number of carbonyl (C=O) groups is 1. The van der Waals surface area contributed by atoms with Gasteiger partial charge in [0.1, 0.15) is 17.0 Å². The third kappa shape index (κ3) is 2.96. The second-order valence-corrected chi connectivity index (χ2v) is 6.44. The van der Waals surface area contributed by atoms with Crippen LogP contribution in [0.25, 0.3) is 16.7 Å². The van der Waals surface area contributed by atoms with Crippen molar-refractivity contribution in [1.82, 2.24) is 19.6 Å². The number of hydrogen-bond donors (Lipinski definition) is 2. The highest BCUT2D eigenvalue weighted by molar-refractivity contribution is 6.03. The predicted octanol–water partition coefficient (Wildman–Crippen LogP) is 2.51. The summed E-state index contributed by atoms with van der Waals surface area (Å²) in [5, 5.41) is 29.0. The molecule has 1 amide bonds. The van der Waals surface area contributed by atoms with Gasteiger partial charge in [0.15, 0.2) is 0 Å². The lowest BCUT2D eigenvalue weighted by Gasteiger charge is -2.02. The van der Waals surface area contributed by atoms with Gasteiger partial charge >= 0.3 is 0 Å². The number of nitrogens with one attached hydrogen (secondary N) is 1. The van der Waals surface area contributed by atoms with Gasteiger partial charge in [-0.3, -0.25) is 14.9 Å². The predicted molar refractivity (Wildman–Crippen MR) is 106 cm³/mol. The maximum atomic E-state index is 12.8. The quantitative estimate of drug-likeness (QED) is 0.313. The molecule has 0 spiro atoms. The van der Waals surface area contributed by atoms with E-state index in [1.165, 1.54) is 12.1 Å². The molecule has 2 aromatic carbocycles. The van der Waals surface area contributed by atoms with Crippen LogP contribution in [0.2, 0.25) is 0 Å². The number of imidazole rings is 1. The van der Waals surface area contributed by atoms with Gasteiger partial charge in [-0.25, -0.2) is 9.94 Å². The zero-order valence-electron chi connectivity index (χ0n) is 15.5. The molecule has 0 atom stereocenters. The number of phenols is 1. The number of hydrogen-bond acceptors (Lipinski definition) is 6. The van der Waals surface area contributed by atoms with Crippen molar-refractivity contribution in [2.24, 2.45) is 12.1 Å². The monoisotopic (exact) mass is 392 g/mol. The van der Waals surface area contributed by atoms with Gasteiger partial charge in [0.25, 0.3) is 11.6 Å². The molecule has 146 valence electrons. The van der Waals surface area contributed by atoms with Gasteiger partial charge in [-0.15, -0.1) is 0 Å². The number of nitrogens with zero attached hydrogens (tertiary/aromatic N) is 5. The molecular formula is C19H16N6O4. The normalized spacial score (nSPS) is 11.5. The molecule has 2 aromatic heterocycles. The molecule has 0 fully saturated rings. The van der Waals surface area contributed by atoms with E-state index >= 15 is 0 Å². The molecule has 0 aliphatic carbocycles. The van der Waals surface area contributed by atoms with Crippen molar-refractivity contribution in [2.75, 3.05) is 0 Å². The minimum absolute atomic E-state index is 0.112. The van der Waals surface area contributed by atoms with E-state index in [0.717, 1.165) is 23.3 Å². The van der Waals surface area contributed by atoms with Crippen LogP contribution in [0.3, 0.4) is 0 Å². The maximum absolute atomic E-state index is 12.8. The lowest BCUT2D eigenvalue weighted by molar-refractivity contribution is -0.384. The fourth-order valence-electron chi connectivity index (χ4n) is 3.27. The Morgan fingerprint density at radius 2 is 2.00 bits per heavy atom. The van der Waals surface area contributed by atoms with E-state index in [1.807, 2.05) is 35.9 Å². The molecular weight excluding hydrogens is 376 g/mol. The number of non-ortho nitro benzene ring substituents is 1. The Kier molecular flexibility index (Phi) is 4.23. The Balaban J connectivity index is 1.67. The van der Waals surface area contributed by atoms with Crippen LogP contribution in [0.5, 0.6) is 5.75 Å². The average molecular weight is 392 g/mol. The number of aromatic hydroxyl groups is 1. The topological polar surface area (TPSA) is 127 Å². The average Bonchev–Trinajstić information content (AvgIpc) is 3.17. The van der Waals surface area contributed by atoms with E-state index in [-0.39, 0.29) is 17.0 Å². The summed E-state index contributed by atoms with van der Waals surface area (Å²) in [7, 11) is 1.85. The zero-order chi connectivity index (χ0) is 20.7. The lowest BCUT2D eigenvalue weighted by atomic mass is 10.2. The summed E-state index contributed by atoms with van der Waals surface area (Å²) in [6, 6.07) is 11.2. The molecule has 0 unspecified atom stereocenters. The summed E-state index contributed by atoms with van der Waals surface area (Å²) in [5.41, 5.74) is 5.63. The van der Waals surface area contributed by atoms with Crippen molar-refractivity contribution in [1.29, 1.82) is 0 Å². The first-order valence-electron chi connectivity index (χ1n) is 8.62. The number of benzene rings is 2. The summed E-state index contributed by atoms with van der Waals surface area (Å²) < 4.78 is 3.58. The second kappa shape index (κ2) is 6.75. The number of hydrazone groups is 1. The lowest BCUT2D eigenvalue weighted by Crippen LogP contribution is -2.19. The minimum Gasteiger partial charge on any atom is -0.507 e. The van der Waals surface area contributed by atoms with E-state index in [1.54, 1.807) is 11.4 Å². The minimum atomic E-state index is -0.581. The highest BCUT2D eigenvalue weighted by Gasteiger charge is 2.22. The second-order valence-electron chi connectivity index (χ2n) is 6.44. The van der Waals surface area contributed by atoms with E-state index < -0.39 is 10.8 Å². The molecule has 4 aromatic rings. The van der Waals surface area contributed by atoms with Crippen LogP contribution >= 0.6 is 0 Å². The van der Waals surface area contributed by atoms with Gasteiger partial charge in [-0.1, -0.05) is 12.1 Å². The summed E-state index contributed by atoms with van der Waals surface area (Å²) in [4.78, 5) is 23.0. The smallest absolute Gasteiger partial charge is 0.277 e. The molecule has 10 heteroatoms. The Bertz CT molecular complexity index is 1320. The van der Waals surface area contributed by atoms with Crippen molar-refractivity contribution < 1.29 is 14.8 Å². The van der Waals surface area contributed by atoms with Crippen molar-refractivity contribution in [3.05, 3.63) is 69.4 Å². The zero-order valence-corrected chi connectivity index (χ0v) is 15.5. The molecule has 2 heterocycles. The van der Waals surface area contributed by atoms with Gasteiger partial charge in [0.05, 0.1) is 27.9 Å². The van der Waals surface area contributed by atoms with Crippen molar-refractivity contribution in [3.8, 4) is 5.75 Å². The summed E-state index contributed by atoms with van der Waals surface area (Å²) >= 11 is 0. The van der Waals surface area contributed by atoms with Crippen LogP contribution in [-0.2, 0) is 7.05 Å². The van der Waals surface area contributed by atoms with Gasteiger partial charge in [0.2, 0.25) is 0 Å². The summed E-state index contributed by atoms with van der Waals surface area (Å²) in [5.74, 6) is -0.670. The molecule has 0 saturated heterocycles. The van der Waals surface area contributed by atoms with Gasteiger partial charge < -0.3 is 9.67 Å². The van der Waals surface area contributed by atoms with Crippen LogP contribution in [0, 0.1) is 17.0 Å². The number of aromatic nitrogens is 3. The van der Waals surface area contributed by atoms with E-state index in [0.29, 0.717) is 16.9 Å². The van der Waals surface area contributed by atoms with Crippen molar-refractivity contribution in [2.45, 2.75) is 6.92 Å². The molecule has 0 aliphatic heterocycles. The molecule has 4 rings (SSSR count). The number of phenolic OH excluding ortho intramolecular Hbond substituents is 1. The van der Waals surface area contributed by atoms with E-state index in [4.69, 9.17) is 0 Å². The Morgan fingerprint density at radius 1 is 1.28 bits per heavy atom. The van der Waals surface area contributed by atoms with Gasteiger partial charge in [-0.2, -0.15) is 10.2 Å². The number of nitro benzene ring substituents is 1. The summed E-state index contributed by atoms with van der Waals surface area (Å²) in [6.07, 6.45) is 1.15. The van der Waals surface area contributed by atoms with Crippen LogP contribution in [0.4, 0.5) is 5.69 Å². The number of rotatable bonds is 4. The number of para-hydroxylation sites is 2. The molecule has 0 radical (unpaired) electrons. The van der Waals surface area contributed by atoms with Crippen LogP contribution in [0.15, 0.2) is 47.6 Å². The SMILES string of the molecule is Cc1nn2c3ccccc3n(C)c2c1C(=O)NN=Cc1cc([N+](=O)[O-])ccc1O. The van der Waals surface area contributed by atoms with E-state index in [2.05, 4.69) is 15.6 Å². The number of nitro groups is 1. The Hall–Kier alpha value is -4.21. The fourth-order valence-corrected chi connectivity index (χ4v) is 3.27. The first-order chi connectivity index (χ1) is 13.9. The highest BCUT2D eigenvalue weighted by Crippen LogP contribution is 2.24. The Labute approximate surface area is 163 Å². The third-order valence-corrected chi connectivity index (χ3v) is 4.64. The maximum Gasteiger partial charge on any atom is 0.277 e. The number of aryl methyl sites for hydroxylation is 2. The first kappa shape index (κ1) is 18.2. The van der Waals surface area contributed by atoms with Crippen molar-refractivity contribution in [3.63, 3.8) is 0 Å². The highest BCUT2D eigenvalue weighted by atomic mass is 16.6. The first-order valence-corrected chi connectivity index (χ1v) is 8.62. The molecule has 0 bridgehead atoms.